The molecule has 6 nitrogen and oxygen atoms in total. The SMILES string of the molecule is COC(=O)c1nn(C)c2c(Cl)nc(Cl)nc12. The third kappa shape index (κ3) is 1.60. The molecule has 0 spiro atoms. The van der Waals surface area contributed by atoms with E-state index in [0.29, 0.717) is 5.52 Å². The first-order valence-electron chi connectivity index (χ1n) is 4.18. The summed E-state index contributed by atoms with van der Waals surface area (Å²) in [6.45, 7) is 0. The van der Waals surface area contributed by atoms with Gasteiger partial charge < -0.3 is 4.74 Å². The fourth-order valence-corrected chi connectivity index (χ4v) is 1.84. The van der Waals surface area contributed by atoms with Gasteiger partial charge in [-0.1, -0.05) is 11.6 Å². The second-order valence-electron chi connectivity index (χ2n) is 2.94. The van der Waals surface area contributed by atoms with Crippen molar-refractivity contribution in [1.82, 2.24) is 19.7 Å². The number of carbonyl (C=O) groups excluding carboxylic acids is 1. The maximum atomic E-state index is 11.4. The molecule has 2 rings (SSSR count). The van der Waals surface area contributed by atoms with Crippen molar-refractivity contribution in [3.63, 3.8) is 0 Å². The molecule has 0 aromatic carbocycles. The summed E-state index contributed by atoms with van der Waals surface area (Å²) < 4.78 is 5.98. The van der Waals surface area contributed by atoms with E-state index >= 15 is 0 Å². The molecule has 0 unspecified atom stereocenters. The van der Waals surface area contributed by atoms with Crippen LogP contribution in [0.15, 0.2) is 0 Å². The number of hydrogen-bond donors (Lipinski definition) is 0. The van der Waals surface area contributed by atoms with Gasteiger partial charge in [0.2, 0.25) is 5.28 Å². The average Bonchev–Trinajstić information content (AvgIpc) is 2.54. The molecule has 8 heteroatoms. The minimum absolute atomic E-state index is 0.0457. The highest BCUT2D eigenvalue weighted by Gasteiger charge is 2.21. The quantitative estimate of drug-likeness (QED) is 0.441. The second kappa shape index (κ2) is 3.88. The van der Waals surface area contributed by atoms with Gasteiger partial charge in [0.25, 0.3) is 0 Å². The third-order valence-corrected chi connectivity index (χ3v) is 2.42. The van der Waals surface area contributed by atoms with Crippen LogP contribution in [0.5, 0.6) is 0 Å². The van der Waals surface area contributed by atoms with Crippen LogP contribution in [0.2, 0.25) is 10.4 Å². The third-order valence-electron chi connectivity index (χ3n) is 1.99. The summed E-state index contributed by atoms with van der Waals surface area (Å²) in [5.41, 5.74) is 0.775. The zero-order valence-corrected chi connectivity index (χ0v) is 9.87. The number of rotatable bonds is 1. The van der Waals surface area contributed by atoms with E-state index in [0.717, 1.165) is 0 Å². The largest absolute Gasteiger partial charge is 0.464 e. The summed E-state index contributed by atoms with van der Waals surface area (Å²) in [5, 5.41) is 4.05. The minimum atomic E-state index is -0.601. The van der Waals surface area contributed by atoms with Gasteiger partial charge in [-0.2, -0.15) is 5.10 Å². The molecule has 0 bridgehead atoms. The van der Waals surface area contributed by atoms with Crippen molar-refractivity contribution in [1.29, 1.82) is 0 Å². The lowest BCUT2D eigenvalue weighted by Gasteiger charge is -1.96. The second-order valence-corrected chi connectivity index (χ2v) is 3.64. The molecular formula is C8H6Cl2N4O2. The average molecular weight is 261 g/mol. The molecule has 0 N–H and O–H groups in total. The van der Waals surface area contributed by atoms with Crippen molar-refractivity contribution in [2.45, 2.75) is 0 Å². The van der Waals surface area contributed by atoms with E-state index in [4.69, 9.17) is 23.2 Å². The molecule has 0 aliphatic rings. The molecular weight excluding hydrogens is 255 g/mol. The molecule has 2 aromatic rings. The van der Waals surface area contributed by atoms with E-state index in [1.165, 1.54) is 11.8 Å². The van der Waals surface area contributed by atoms with Gasteiger partial charge in [0.15, 0.2) is 10.8 Å². The van der Waals surface area contributed by atoms with Crippen molar-refractivity contribution in [2.75, 3.05) is 7.11 Å². The van der Waals surface area contributed by atoms with Crippen molar-refractivity contribution >= 4 is 40.2 Å². The van der Waals surface area contributed by atoms with E-state index in [2.05, 4.69) is 19.8 Å². The van der Waals surface area contributed by atoms with Crippen LogP contribution in [-0.4, -0.2) is 32.8 Å². The highest BCUT2D eigenvalue weighted by molar-refractivity contribution is 6.35. The minimum Gasteiger partial charge on any atom is -0.464 e. The van der Waals surface area contributed by atoms with Gasteiger partial charge in [0.1, 0.15) is 11.0 Å². The first kappa shape index (κ1) is 11.1. The van der Waals surface area contributed by atoms with Gasteiger partial charge in [-0.05, 0) is 11.6 Å². The van der Waals surface area contributed by atoms with Crippen LogP contribution in [0.4, 0.5) is 0 Å². The Labute approximate surface area is 100 Å². The lowest BCUT2D eigenvalue weighted by atomic mass is 10.3. The molecule has 0 saturated carbocycles. The Hall–Kier alpha value is -1.40. The molecule has 0 fully saturated rings. The first-order valence-corrected chi connectivity index (χ1v) is 4.94. The predicted molar refractivity (Wildman–Crippen MR) is 57.7 cm³/mol. The molecule has 0 aliphatic carbocycles. The monoisotopic (exact) mass is 260 g/mol. The number of fused-ring (bicyclic) bond motifs is 1. The van der Waals surface area contributed by atoms with Gasteiger partial charge in [-0.25, -0.2) is 14.8 Å². The van der Waals surface area contributed by atoms with Crippen LogP contribution < -0.4 is 0 Å². The Morgan fingerprint density at radius 3 is 2.69 bits per heavy atom. The van der Waals surface area contributed by atoms with Gasteiger partial charge >= 0.3 is 5.97 Å². The highest BCUT2D eigenvalue weighted by Crippen LogP contribution is 2.24. The van der Waals surface area contributed by atoms with Gasteiger partial charge in [0.05, 0.1) is 7.11 Å². The van der Waals surface area contributed by atoms with Crippen LogP contribution in [0.1, 0.15) is 10.5 Å². The number of halogens is 2. The summed E-state index contributed by atoms with van der Waals surface area (Å²) in [4.78, 5) is 19.1. The van der Waals surface area contributed by atoms with E-state index in [-0.39, 0.29) is 21.6 Å². The van der Waals surface area contributed by atoms with E-state index < -0.39 is 5.97 Å². The van der Waals surface area contributed by atoms with Crippen LogP contribution in [0.3, 0.4) is 0 Å². The maximum Gasteiger partial charge on any atom is 0.360 e. The van der Waals surface area contributed by atoms with Gasteiger partial charge in [-0.15, -0.1) is 0 Å². The van der Waals surface area contributed by atoms with Crippen LogP contribution in [-0.2, 0) is 11.8 Å². The molecule has 2 heterocycles. The van der Waals surface area contributed by atoms with Crippen molar-refractivity contribution in [2.24, 2.45) is 7.05 Å². The van der Waals surface area contributed by atoms with Gasteiger partial charge in [-0.3, -0.25) is 4.68 Å². The Balaban J connectivity index is 2.83. The number of aromatic nitrogens is 4. The standard InChI is InChI=1S/C8H6Cl2N4O2/c1-14-5-3(4(13-14)7(15)16-2)11-8(10)12-6(5)9/h1-2H3. The number of hydrogen-bond acceptors (Lipinski definition) is 5. The van der Waals surface area contributed by atoms with E-state index in [1.807, 2.05) is 0 Å². The number of carbonyl (C=O) groups is 1. The number of nitrogens with zero attached hydrogens (tertiary/aromatic N) is 4. The first-order chi connectivity index (χ1) is 7.54. The van der Waals surface area contributed by atoms with Crippen LogP contribution in [0, 0.1) is 0 Å². The number of methoxy groups -OCH3 is 1. The lowest BCUT2D eigenvalue weighted by Crippen LogP contribution is -2.03. The smallest absolute Gasteiger partial charge is 0.360 e. The molecule has 0 radical (unpaired) electrons. The molecule has 16 heavy (non-hydrogen) atoms. The van der Waals surface area contributed by atoms with Crippen LogP contribution >= 0.6 is 23.2 Å². The van der Waals surface area contributed by atoms with Crippen LogP contribution in [0.25, 0.3) is 11.0 Å². The van der Waals surface area contributed by atoms with Crippen molar-refractivity contribution < 1.29 is 9.53 Å². The number of esters is 1. The highest BCUT2D eigenvalue weighted by atomic mass is 35.5. The summed E-state index contributed by atoms with van der Waals surface area (Å²) in [6.07, 6.45) is 0. The van der Waals surface area contributed by atoms with Crippen molar-refractivity contribution in [3.05, 3.63) is 16.1 Å². The zero-order valence-electron chi connectivity index (χ0n) is 8.36. The van der Waals surface area contributed by atoms with E-state index in [9.17, 15) is 4.79 Å². The zero-order chi connectivity index (χ0) is 11.9. The fraction of sp³-hybridized carbons (Fsp3) is 0.250. The fourth-order valence-electron chi connectivity index (χ4n) is 1.34. The summed E-state index contributed by atoms with van der Waals surface area (Å²) >= 11 is 11.5. The predicted octanol–water partition coefficient (Wildman–Crippen LogP) is 1.46. The molecule has 0 atom stereocenters. The topological polar surface area (TPSA) is 69.9 Å². The Morgan fingerprint density at radius 1 is 1.38 bits per heavy atom. The number of aryl methyl sites for hydroxylation is 1. The summed E-state index contributed by atoms with van der Waals surface area (Å²) in [6, 6.07) is 0. The molecule has 84 valence electrons. The molecule has 0 amide bonds. The maximum absolute atomic E-state index is 11.4. The molecule has 0 saturated heterocycles. The number of ether oxygens (including phenoxy) is 1. The molecule has 0 aliphatic heterocycles. The Kier molecular flexibility index (Phi) is 2.69. The summed E-state index contributed by atoms with van der Waals surface area (Å²) in [7, 11) is 2.88. The van der Waals surface area contributed by atoms with Gasteiger partial charge in [0, 0.05) is 7.05 Å². The van der Waals surface area contributed by atoms with Crippen molar-refractivity contribution in [3.8, 4) is 0 Å². The van der Waals surface area contributed by atoms with E-state index in [1.54, 1.807) is 7.05 Å². The molecule has 2 aromatic heterocycles. The Bertz CT molecular complexity index is 581. The summed E-state index contributed by atoms with van der Waals surface area (Å²) in [5.74, 6) is -0.601. The normalized spacial score (nSPS) is 10.8. The Morgan fingerprint density at radius 2 is 2.06 bits per heavy atom. The lowest BCUT2D eigenvalue weighted by molar-refractivity contribution is 0.0595.